The van der Waals surface area contributed by atoms with E-state index in [4.69, 9.17) is 63.3 Å². The molecule has 0 aromatic heterocycles. The van der Waals surface area contributed by atoms with Gasteiger partial charge in [0.1, 0.15) is 31.0 Å². The van der Waals surface area contributed by atoms with E-state index < -0.39 is 77.7 Å². The topological polar surface area (TPSA) is 397 Å². The van der Waals surface area contributed by atoms with Gasteiger partial charge in [0, 0.05) is 91.1 Å². The second-order valence-electron chi connectivity index (χ2n) is 19.9. The maximum Gasteiger partial charge on any atom is 0.342 e. The minimum Gasteiger partial charge on any atom is -0.478 e. The van der Waals surface area contributed by atoms with E-state index in [-0.39, 0.29) is 80.1 Å². The van der Waals surface area contributed by atoms with Crippen molar-refractivity contribution in [2.24, 2.45) is 11.8 Å². The van der Waals surface area contributed by atoms with Crippen LogP contribution < -0.4 is 10.6 Å². The van der Waals surface area contributed by atoms with Crippen LogP contribution in [-0.4, -0.2) is 238 Å². The average Bonchev–Trinajstić information content (AvgIpc) is 3.41. The Hall–Kier alpha value is -3.52. The van der Waals surface area contributed by atoms with Gasteiger partial charge in [0.15, 0.2) is 12.6 Å². The Kier molecular flexibility index (Phi) is 46.1. The minimum atomic E-state index is -1.34. The Bertz CT molecular complexity index is 2360. The molecule has 2 fully saturated rings. The number of aromatic carboxylic acids is 2. The van der Waals surface area contributed by atoms with E-state index in [1.807, 2.05) is 0 Å². The van der Waals surface area contributed by atoms with Crippen LogP contribution in [0.3, 0.4) is 0 Å². The maximum atomic E-state index is 12.0. The summed E-state index contributed by atoms with van der Waals surface area (Å²) in [4.78, 5) is 57.9. The number of aliphatic hydroxyl groups excluding tert-OH is 4. The lowest BCUT2D eigenvalue weighted by molar-refractivity contribution is -0.385. The van der Waals surface area contributed by atoms with Crippen LogP contribution in [0.4, 0.5) is 5.69 Å². The average molecular weight is 1380 g/mol. The van der Waals surface area contributed by atoms with E-state index >= 15 is 0 Å². The third-order valence-electron chi connectivity index (χ3n) is 13.3. The molecule has 2 aromatic carbocycles. The second kappa shape index (κ2) is 49.1. The van der Waals surface area contributed by atoms with Gasteiger partial charge in [-0.25, -0.2) is 9.59 Å². The molecule has 4 unspecified atom stereocenters. The fraction of sp³-hybridized carbons (Fsp3) is 0.679. The molecule has 0 saturated carbocycles. The van der Waals surface area contributed by atoms with Crippen molar-refractivity contribution in [3.05, 3.63) is 63.7 Å². The standard InChI is InChI=1S/C28H43N3O12S2.C28H44N2O10S2.2ClH/c1-18-23(43-28(39-2)26(34)25(18)33)16-42-17-24(32)30-9-11-41-13-12-40-10-3-5-19(29)6-4-14-44-45-20-7-8-22(31(37)38)21(15-20)27(35)36;1-19-23(40-28(36-2)26(33)25(19)32)17-39-18-24(31)30-11-13-38-15-14-37-12-3-5-21(29)6-4-16-41-42-22-9-7-20(8-10-22)27(34)35;;/h7-8,15,18,23,25-26,28-29,33-34H,3-6,9-14,16-17H2,1-2H3,(H,30,32)(H,35,36);7-10,19,23,25-26,28-29,32-33H,3-6,11-18H2,1-2H3,(H,30,31)(H,34,35);2*1H/t18-,23?,25+,26?,28-;19-,23?,25+,26?,28-;;/m11../s1. The lowest BCUT2D eigenvalue weighted by Crippen LogP contribution is -2.55. The lowest BCUT2D eigenvalue weighted by Gasteiger charge is -2.40. The number of carboxylic acids is 2. The molecule has 10 atom stereocenters. The van der Waals surface area contributed by atoms with Crippen molar-refractivity contribution in [3.8, 4) is 0 Å². The van der Waals surface area contributed by atoms with Gasteiger partial charge in [-0.3, -0.25) is 19.7 Å². The summed E-state index contributed by atoms with van der Waals surface area (Å²) in [5.74, 6) is -2.00. The fourth-order valence-electron chi connectivity index (χ4n) is 8.20. The monoisotopic (exact) mass is 1380 g/mol. The van der Waals surface area contributed by atoms with Crippen LogP contribution in [-0.2, 0) is 57.0 Å². The predicted molar refractivity (Wildman–Crippen MR) is 342 cm³/mol. The molecule has 2 amide bonds. The molecular weight excluding hydrogens is 1290 g/mol. The first kappa shape index (κ1) is 83.5. The smallest absolute Gasteiger partial charge is 0.342 e. The molecular formula is C56H89Cl2N5O22S4. The van der Waals surface area contributed by atoms with Crippen LogP contribution in [0.1, 0.15) is 85.9 Å². The number of carboxylic acid groups (broad SMARTS) is 2. The van der Waals surface area contributed by atoms with Crippen molar-refractivity contribution in [2.75, 3.05) is 118 Å². The molecule has 27 nitrogen and oxygen atoms in total. The van der Waals surface area contributed by atoms with E-state index in [0.717, 1.165) is 42.1 Å². The number of rotatable bonds is 45. The van der Waals surface area contributed by atoms with Gasteiger partial charge in [0.2, 0.25) is 11.8 Å². The third kappa shape index (κ3) is 34.3. The van der Waals surface area contributed by atoms with Gasteiger partial charge < -0.3 is 99.5 Å². The molecule has 2 aliphatic heterocycles. The molecule has 33 heteroatoms. The number of methoxy groups -OCH3 is 2. The van der Waals surface area contributed by atoms with Crippen molar-refractivity contribution in [3.63, 3.8) is 0 Å². The van der Waals surface area contributed by atoms with Crippen molar-refractivity contribution >= 4 is 109 Å². The number of carbonyl (C=O) groups excluding carboxylic acids is 2. The summed E-state index contributed by atoms with van der Waals surface area (Å²) < 4.78 is 54.0. The highest BCUT2D eigenvalue weighted by molar-refractivity contribution is 8.77. The first-order valence-electron chi connectivity index (χ1n) is 28.4. The summed E-state index contributed by atoms with van der Waals surface area (Å²) in [6, 6.07) is 10.8. The van der Waals surface area contributed by atoms with Gasteiger partial charge in [-0.05, 0) is 87.8 Å². The van der Waals surface area contributed by atoms with Gasteiger partial charge in [-0.2, -0.15) is 0 Å². The van der Waals surface area contributed by atoms with Crippen LogP contribution >= 0.6 is 68.0 Å². The number of ether oxygens (including phenoxy) is 10. The van der Waals surface area contributed by atoms with Gasteiger partial charge in [-0.15, -0.1) is 24.8 Å². The zero-order chi connectivity index (χ0) is 63.9. The first-order valence-corrected chi connectivity index (χ1v) is 33.1. The number of amides is 2. The normalized spacial score (nSPS) is 21.3. The molecule has 0 aliphatic carbocycles. The zero-order valence-electron chi connectivity index (χ0n) is 50.4. The summed E-state index contributed by atoms with van der Waals surface area (Å²) in [5.41, 5.74) is 0.846. The molecule has 2 aliphatic rings. The SMILES string of the molecule is CO[C@@H]1OC(COCC(=O)NCCOCCOCCCC(=N)CCCSSc2ccc(C(=O)O)cc2)[C@@H](C)[C@H](O)C1O.CO[C@@H]1OC(COCC(=O)NCCOCCOCCCC(=N)CCCSSc2ccc([N+](=O)[O-])c(C(=O)O)c2)[C@@H](C)[C@H](O)C1O.Cl.Cl. The summed E-state index contributed by atoms with van der Waals surface area (Å²) >= 11 is 0. The van der Waals surface area contributed by atoms with E-state index in [9.17, 15) is 54.8 Å². The molecule has 0 bridgehead atoms. The van der Waals surface area contributed by atoms with Gasteiger partial charge in [-0.1, -0.05) is 57.0 Å². The van der Waals surface area contributed by atoms with E-state index in [2.05, 4.69) is 10.6 Å². The Morgan fingerprint density at radius 3 is 1.38 bits per heavy atom. The van der Waals surface area contributed by atoms with Gasteiger partial charge in [0.05, 0.1) is 87.8 Å². The largest absolute Gasteiger partial charge is 0.478 e. The molecule has 508 valence electrons. The molecule has 2 aromatic rings. The molecule has 0 radical (unpaired) electrons. The summed E-state index contributed by atoms with van der Waals surface area (Å²) in [7, 11) is 8.91. The van der Waals surface area contributed by atoms with Crippen molar-refractivity contribution in [1.29, 1.82) is 10.8 Å². The number of halogens is 2. The van der Waals surface area contributed by atoms with Crippen LogP contribution in [0, 0.1) is 32.8 Å². The predicted octanol–water partition coefficient (Wildman–Crippen LogP) is 5.95. The number of nitrogens with one attached hydrogen (secondary N) is 4. The number of aliphatic hydroxyl groups is 4. The molecule has 2 saturated heterocycles. The number of nitrogens with zero attached hydrogens (tertiary/aromatic N) is 1. The number of hydrogen-bond donors (Lipinski definition) is 10. The fourth-order valence-corrected chi connectivity index (χ4v) is 12.4. The van der Waals surface area contributed by atoms with Crippen molar-refractivity contribution in [1.82, 2.24) is 10.6 Å². The highest BCUT2D eigenvalue weighted by atomic mass is 35.5. The van der Waals surface area contributed by atoms with Gasteiger partial charge in [0.25, 0.3) is 5.69 Å². The highest BCUT2D eigenvalue weighted by Crippen LogP contribution is 2.35. The summed E-state index contributed by atoms with van der Waals surface area (Å²) in [5, 5.41) is 90.6. The number of hydrogen-bond acceptors (Lipinski definition) is 26. The lowest BCUT2D eigenvalue weighted by atomic mass is 9.91. The Morgan fingerprint density at radius 1 is 0.573 bits per heavy atom. The maximum absolute atomic E-state index is 12.0. The van der Waals surface area contributed by atoms with Crippen LogP contribution in [0.5, 0.6) is 0 Å². The van der Waals surface area contributed by atoms with Crippen LogP contribution in [0.25, 0.3) is 0 Å². The number of benzene rings is 2. The molecule has 0 spiro atoms. The second-order valence-corrected chi connectivity index (χ2v) is 24.9. The van der Waals surface area contributed by atoms with E-state index in [0.29, 0.717) is 108 Å². The third-order valence-corrected chi connectivity index (χ3v) is 18.2. The van der Waals surface area contributed by atoms with Crippen molar-refractivity contribution < 1.29 is 102 Å². The van der Waals surface area contributed by atoms with Crippen molar-refractivity contribution in [2.45, 2.75) is 124 Å². The van der Waals surface area contributed by atoms with Crippen LogP contribution in [0.2, 0.25) is 0 Å². The Labute approximate surface area is 547 Å². The quantitative estimate of drug-likeness (QED) is 0.0120. The summed E-state index contributed by atoms with van der Waals surface area (Å²) in [6.45, 7) is 7.21. The zero-order valence-corrected chi connectivity index (χ0v) is 55.3. The number of nitro benzene ring substituents is 1. The molecule has 10 N–H and O–H groups in total. The Balaban J connectivity index is 0.000000872. The van der Waals surface area contributed by atoms with E-state index in [1.54, 1.807) is 59.7 Å². The molecule has 89 heavy (non-hydrogen) atoms. The molecule has 2 heterocycles. The number of nitro groups is 1. The minimum absolute atomic E-state index is 0. The Morgan fingerprint density at radius 2 is 0.978 bits per heavy atom. The van der Waals surface area contributed by atoms with E-state index in [1.165, 1.54) is 54.0 Å². The molecule has 4 rings (SSSR count). The number of carbonyl (C=O) groups is 4. The van der Waals surface area contributed by atoms with Gasteiger partial charge >= 0.3 is 11.9 Å². The highest BCUT2D eigenvalue weighted by Gasteiger charge is 2.43. The summed E-state index contributed by atoms with van der Waals surface area (Å²) in [6.07, 6.45) is -1.35. The first-order chi connectivity index (χ1) is 41.8. The van der Waals surface area contributed by atoms with Crippen LogP contribution in [0.15, 0.2) is 52.3 Å².